The molecule has 0 bridgehead atoms. The van der Waals surface area contributed by atoms with Crippen LogP contribution in [0.3, 0.4) is 0 Å². The van der Waals surface area contributed by atoms with Gasteiger partial charge in [-0.1, -0.05) is 133 Å². The summed E-state index contributed by atoms with van der Waals surface area (Å²) in [5.74, 6) is -5.63. The van der Waals surface area contributed by atoms with Gasteiger partial charge in [0, 0.05) is 5.56 Å². The fourth-order valence-electron chi connectivity index (χ4n) is 6.54. The monoisotopic (exact) mass is 634 g/mol. The van der Waals surface area contributed by atoms with Crippen LogP contribution in [-0.2, 0) is 0 Å². The molecular formula is C44H30F4. The Labute approximate surface area is 277 Å². The lowest BCUT2D eigenvalue weighted by Gasteiger charge is -2.25. The Kier molecular flexibility index (Phi) is 8.24. The van der Waals surface area contributed by atoms with E-state index in [-0.39, 0.29) is 5.56 Å². The van der Waals surface area contributed by atoms with Crippen molar-refractivity contribution in [2.24, 2.45) is 0 Å². The maximum atomic E-state index is 15.4. The van der Waals surface area contributed by atoms with Crippen LogP contribution in [0.1, 0.15) is 11.1 Å². The van der Waals surface area contributed by atoms with Gasteiger partial charge in [-0.05, 0) is 92.7 Å². The fourth-order valence-corrected chi connectivity index (χ4v) is 6.54. The van der Waals surface area contributed by atoms with Crippen LogP contribution in [0.4, 0.5) is 17.6 Å². The molecule has 0 fully saturated rings. The third-order valence-electron chi connectivity index (χ3n) is 8.76. The lowest BCUT2D eigenvalue weighted by molar-refractivity contribution is 0.449. The first-order valence-corrected chi connectivity index (χ1v) is 15.7. The van der Waals surface area contributed by atoms with Crippen molar-refractivity contribution in [1.29, 1.82) is 0 Å². The summed E-state index contributed by atoms with van der Waals surface area (Å²) in [4.78, 5) is 0. The first-order chi connectivity index (χ1) is 23.3. The number of aryl methyl sites for hydroxylation is 1. The van der Waals surface area contributed by atoms with E-state index in [0.29, 0.717) is 11.1 Å². The van der Waals surface area contributed by atoms with E-state index in [2.05, 4.69) is 42.5 Å². The minimum absolute atomic E-state index is 0.0477. The lowest BCUT2D eigenvalue weighted by atomic mass is 9.78. The molecule has 0 amide bonds. The number of halogens is 4. The minimum Gasteiger partial charge on any atom is -0.203 e. The molecule has 4 heteroatoms. The van der Waals surface area contributed by atoms with E-state index in [1.165, 1.54) is 0 Å². The number of benzene rings is 7. The van der Waals surface area contributed by atoms with E-state index in [9.17, 15) is 8.78 Å². The van der Waals surface area contributed by atoms with Gasteiger partial charge in [0.2, 0.25) is 0 Å². The molecule has 48 heavy (non-hydrogen) atoms. The standard InChI is InChI=1S/C44H30F4/c1-27-23-33(25-34(24-27)40-43(47)41(45)28(2)42(46)44(40)48)36-26-35(29-15-7-3-8-16-29)37(30-17-9-4-10-18-30)39(32-21-13-6-14-22-32)38(36)31-19-11-5-12-20-31/h3-26H,1-2H3. The topological polar surface area (TPSA) is 0 Å². The molecule has 0 spiro atoms. The van der Waals surface area contributed by atoms with Crippen molar-refractivity contribution in [3.8, 4) is 66.8 Å². The molecule has 0 aromatic heterocycles. The molecule has 0 aliphatic rings. The van der Waals surface area contributed by atoms with Gasteiger partial charge in [0.1, 0.15) is 0 Å². The van der Waals surface area contributed by atoms with Crippen molar-refractivity contribution in [2.45, 2.75) is 13.8 Å². The number of hydrogen-bond acceptors (Lipinski definition) is 0. The van der Waals surface area contributed by atoms with Gasteiger partial charge in [0.25, 0.3) is 0 Å². The van der Waals surface area contributed by atoms with Crippen molar-refractivity contribution in [1.82, 2.24) is 0 Å². The van der Waals surface area contributed by atoms with Crippen LogP contribution in [0.25, 0.3) is 66.8 Å². The van der Waals surface area contributed by atoms with Gasteiger partial charge in [-0.15, -0.1) is 0 Å². The van der Waals surface area contributed by atoms with E-state index in [1.807, 2.05) is 91.0 Å². The lowest BCUT2D eigenvalue weighted by Crippen LogP contribution is -2.03. The molecule has 0 unspecified atom stereocenters. The van der Waals surface area contributed by atoms with E-state index < -0.39 is 34.4 Å². The van der Waals surface area contributed by atoms with Crippen molar-refractivity contribution >= 4 is 0 Å². The third-order valence-corrected chi connectivity index (χ3v) is 8.76. The van der Waals surface area contributed by atoms with Gasteiger partial charge in [-0.25, -0.2) is 17.6 Å². The second kappa shape index (κ2) is 12.8. The van der Waals surface area contributed by atoms with Gasteiger partial charge >= 0.3 is 0 Å². The largest absolute Gasteiger partial charge is 0.203 e. The first kappa shape index (κ1) is 30.9. The van der Waals surface area contributed by atoms with Gasteiger partial charge in [-0.2, -0.15) is 0 Å². The Balaban J connectivity index is 1.66. The Hall–Kier alpha value is -5.74. The van der Waals surface area contributed by atoms with Crippen molar-refractivity contribution in [2.75, 3.05) is 0 Å². The molecule has 0 saturated carbocycles. The molecule has 0 radical (unpaired) electrons. The molecule has 0 nitrogen and oxygen atoms in total. The highest BCUT2D eigenvalue weighted by Gasteiger charge is 2.27. The van der Waals surface area contributed by atoms with Gasteiger partial charge in [0.15, 0.2) is 23.3 Å². The second-order valence-electron chi connectivity index (χ2n) is 11.9. The fraction of sp³-hybridized carbons (Fsp3) is 0.0455. The summed E-state index contributed by atoms with van der Waals surface area (Å²) >= 11 is 0. The second-order valence-corrected chi connectivity index (χ2v) is 11.9. The smallest absolute Gasteiger partial charge is 0.170 e. The van der Waals surface area contributed by atoms with Crippen LogP contribution < -0.4 is 0 Å². The molecule has 0 atom stereocenters. The molecule has 0 aliphatic carbocycles. The number of hydrogen-bond donors (Lipinski definition) is 0. The third kappa shape index (κ3) is 5.50. The first-order valence-electron chi connectivity index (χ1n) is 15.7. The summed E-state index contributed by atoms with van der Waals surface area (Å²) < 4.78 is 60.5. The predicted molar refractivity (Wildman–Crippen MR) is 188 cm³/mol. The average Bonchev–Trinajstić information content (AvgIpc) is 3.13. The molecule has 0 N–H and O–H groups in total. The zero-order chi connectivity index (χ0) is 33.4. The van der Waals surface area contributed by atoms with Gasteiger partial charge in [0.05, 0.1) is 5.56 Å². The highest BCUT2D eigenvalue weighted by Crippen LogP contribution is 2.50. The highest BCUT2D eigenvalue weighted by molar-refractivity contribution is 6.07. The molecule has 7 rings (SSSR count). The van der Waals surface area contributed by atoms with Crippen molar-refractivity contribution < 1.29 is 17.6 Å². The maximum absolute atomic E-state index is 15.4. The SMILES string of the molecule is Cc1cc(-c2cc(-c3ccccc3)c(-c3ccccc3)c(-c3ccccc3)c2-c2ccccc2)cc(-c2c(F)c(F)c(C)c(F)c2F)c1. The molecule has 7 aromatic rings. The van der Waals surface area contributed by atoms with Crippen LogP contribution in [0, 0.1) is 37.1 Å². The van der Waals surface area contributed by atoms with Crippen LogP contribution in [0.2, 0.25) is 0 Å². The van der Waals surface area contributed by atoms with Crippen molar-refractivity contribution in [3.05, 3.63) is 180 Å². The Morgan fingerprint density at radius 3 is 1.15 bits per heavy atom. The Morgan fingerprint density at radius 1 is 0.312 bits per heavy atom. The summed E-state index contributed by atoms with van der Waals surface area (Å²) in [5, 5.41) is 0. The zero-order valence-electron chi connectivity index (χ0n) is 26.4. The normalized spacial score (nSPS) is 11.1. The molecular weight excluding hydrogens is 604 g/mol. The Bertz CT molecular complexity index is 2230. The van der Waals surface area contributed by atoms with Crippen molar-refractivity contribution in [3.63, 3.8) is 0 Å². The average molecular weight is 635 g/mol. The van der Waals surface area contributed by atoms with Gasteiger partial charge in [-0.3, -0.25) is 0 Å². The highest BCUT2D eigenvalue weighted by atomic mass is 19.2. The summed E-state index contributed by atoms with van der Waals surface area (Å²) in [6, 6.07) is 47.7. The summed E-state index contributed by atoms with van der Waals surface area (Å²) in [6.07, 6.45) is 0. The summed E-state index contributed by atoms with van der Waals surface area (Å²) in [6.45, 7) is 2.83. The molecule has 7 aromatic carbocycles. The minimum atomic E-state index is -1.42. The Morgan fingerprint density at radius 2 is 0.688 bits per heavy atom. The zero-order valence-corrected chi connectivity index (χ0v) is 26.4. The molecule has 0 aliphatic heterocycles. The van der Waals surface area contributed by atoms with E-state index in [1.54, 1.807) is 19.1 Å². The molecule has 234 valence electrons. The summed E-state index contributed by atoms with van der Waals surface area (Å²) in [7, 11) is 0. The molecule has 0 saturated heterocycles. The van der Waals surface area contributed by atoms with Crippen LogP contribution in [0.5, 0.6) is 0 Å². The quantitative estimate of drug-likeness (QED) is 0.126. The van der Waals surface area contributed by atoms with Crippen LogP contribution >= 0.6 is 0 Å². The summed E-state index contributed by atoms with van der Waals surface area (Å²) in [5.41, 5.74) is 8.60. The van der Waals surface area contributed by atoms with E-state index in [0.717, 1.165) is 57.0 Å². The van der Waals surface area contributed by atoms with E-state index in [4.69, 9.17) is 0 Å². The molecule has 0 heterocycles. The van der Waals surface area contributed by atoms with Gasteiger partial charge < -0.3 is 0 Å². The maximum Gasteiger partial charge on any atom is 0.170 e. The van der Waals surface area contributed by atoms with Crippen LogP contribution in [0.15, 0.2) is 146 Å². The van der Waals surface area contributed by atoms with Crippen LogP contribution in [-0.4, -0.2) is 0 Å². The number of rotatable bonds is 6. The van der Waals surface area contributed by atoms with E-state index >= 15 is 8.78 Å². The predicted octanol–water partition coefficient (Wildman–Crippen LogP) is 12.9.